The van der Waals surface area contributed by atoms with Crippen LogP contribution in [0.4, 0.5) is 0 Å². The third kappa shape index (κ3) is 4.28. The molecule has 3 aromatic rings. The molecule has 0 saturated carbocycles. The lowest BCUT2D eigenvalue weighted by atomic mass is 10.1. The van der Waals surface area contributed by atoms with Gasteiger partial charge in [-0.25, -0.2) is 4.98 Å². The molecule has 0 aliphatic rings. The van der Waals surface area contributed by atoms with Crippen LogP contribution in [0.3, 0.4) is 0 Å². The van der Waals surface area contributed by atoms with Gasteiger partial charge < -0.3 is 9.64 Å². The van der Waals surface area contributed by atoms with E-state index in [4.69, 9.17) is 9.72 Å². The number of nitrogens with zero attached hydrogens (tertiary/aromatic N) is 3. The van der Waals surface area contributed by atoms with Gasteiger partial charge in [0.15, 0.2) is 0 Å². The van der Waals surface area contributed by atoms with Gasteiger partial charge in [-0.05, 0) is 44.0 Å². The lowest BCUT2D eigenvalue weighted by molar-refractivity contribution is -0.134. The number of aromatic nitrogens is 2. The van der Waals surface area contributed by atoms with Gasteiger partial charge >= 0.3 is 0 Å². The fraction of sp³-hybridized carbons (Fsp3) is 0.375. The second-order valence-corrected chi connectivity index (χ2v) is 7.42. The van der Waals surface area contributed by atoms with Crippen LogP contribution >= 0.6 is 0 Å². The smallest absolute Gasteiger partial charge is 0.266 e. The molecule has 0 aliphatic carbocycles. The van der Waals surface area contributed by atoms with Gasteiger partial charge in [0.05, 0.1) is 29.2 Å². The summed E-state index contributed by atoms with van der Waals surface area (Å²) in [4.78, 5) is 33.0. The lowest BCUT2D eigenvalue weighted by Crippen LogP contribution is -2.39. The highest BCUT2D eigenvalue weighted by Gasteiger charge is 2.26. The fourth-order valence-electron chi connectivity index (χ4n) is 3.70. The van der Waals surface area contributed by atoms with E-state index in [1.165, 1.54) is 0 Å². The zero-order chi connectivity index (χ0) is 21.7. The van der Waals surface area contributed by atoms with Crippen molar-refractivity contribution in [2.24, 2.45) is 0 Å². The summed E-state index contributed by atoms with van der Waals surface area (Å²) in [5.41, 5.74) is 2.24. The maximum atomic E-state index is 13.5. The zero-order valence-corrected chi connectivity index (χ0v) is 18.1. The number of fused-ring (bicyclic) bond motifs is 1. The summed E-state index contributed by atoms with van der Waals surface area (Å²) in [7, 11) is 1.62. The molecule has 0 aliphatic heterocycles. The molecule has 1 unspecified atom stereocenters. The van der Waals surface area contributed by atoms with Crippen LogP contribution in [-0.2, 0) is 9.53 Å². The molecule has 3 rings (SSSR count). The minimum atomic E-state index is -0.392. The number of ether oxygens (including phenoxy) is 1. The molecule has 6 heteroatoms. The molecule has 0 fully saturated rings. The molecular formula is C24H29N3O3. The van der Waals surface area contributed by atoms with E-state index in [0.29, 0.717) is 36.3 Å². The van der Waals surface area contributed by atoms with E-state index in [1.54, 1.807) is 22.6 Å². The van der Waals surface area contributed by atoms with E-state index in [9.17, 15) is 9.59 Å². The number of para-hydroxylation sites is 2. The van der Waals surface area contributed by atoms with E-state index in [2.05, 4.69) is 0 Å². The molecule has 0 radical (unpaired) electrons. The normalized spacial score (nSPS) is 12.1. The Hall–Kier alpha value is -2.99. The summed E-state index contributed by atoms with van der Waals surface area (Å²) in [5.74, 6) is 0.578. The van der Waals surface area contributed by atoms with Crippen molar-refractivity contribution < 1.29 is 9.53 Å². The number of carbonyl (C=O) groups is 1. The van der Waals surface area contributed by atoms with Crippen molar-refractivity contribution in [3.05, 3.63) is 70.3 Å². The van der Waals surface area contributed by atoms with Gasteiger partial charge in [0.2, 0.25) is 5.91 Å². The number of rotatable bonds is 8. The maximum Gasteiger partial charge on any atom is 0.266 e. The standard InChI is InChI=1S/C24H29N3O3/c1-5-10-22(28)26(15-16-30-4)18(3)23-25-20-13-8-7-12-19(20)24(29)27(23)21-14-9-6-11-17(21)2/h6-9,11-14,18H,5,10,15-16H2,1-4H3. The Labute approximate surface area is 177 Å². The first kappa shape index (κ1) is 21.7. The van der Waals surface area contributed by atoms with Gasteiger partial charge in [0.25, 0.3) is 5.56 Å². The Morgan fingerprint density at radius 3 is 2.57 bits per heavy atom. The number of methoxy groups -OCH3 is 1. The monoisotopic (exact) mass is 407 g/mol. The molecular weight excluding hydrogens is 378 g/mol. The third-order valence-corrected chi connectivity index (χ3v) is 5.32. The molecule has 158 valence electrons. The van der Waals surface area contributed by atoms with E-state index in [0.717, 1.165) is 17.7 Å². The SMILES string of the molecule is CCCC(=O)N(CCOC)C(C)c1nc2ccccc2c(=O)n1-c1ccccc1C. The quantitative estimate of drug-likeness (QED) is 0.566. The van der Waals surface area contributed by atoms with Gasteiger partial charge in [0, 0.05) is 20.1 Å². The number of amides is 1. The van der Waals surface area contributed by atoms with Crippen molar-refractivity contribution in [1.29, 1.82) is 0 Å². The van der Waals surface area contributed by atoms with Gasteiger partial charge in [0.1, 0.15) is 5.82 Å². The topological polar surface area (TPSA) is 64.4 Å². The van der Waals surface area contributed by atoms with Crippen molar-refractivity contribution in [2.75, 3.05) is 20.3 Å². The van der Waals surface area contributed by atoms with Gasteiger partial charge in [-0.3, -0.25) is 14.2 Å². The third-order valence-electron chi connectivity index (χ3n) is 5.32. The minimum Gasteiger partial charge on any atom is -0.383 e. The van der Waals surface area contributed by atoms with Crippen LogP contribution in [0, 0.1) is 6.92 Å². The molecule has 30 heavy (non-hydrogen) atoms. The predicted molar refractivity (Wildman–Crippen MR) is 119 cm³/mol. The molecule has 0 spiro atoms. The fourth-order valence-corrected chi connectivity index (χ4v) is 3.70. The molecule has 1 amide bonds. The first-order valence-electron chi connectivity index (χ1n) is 10.4. The molecule has 1 aromatic heterocycles. The summed E-state index contributed by atoms with van der Waals surface area (Å²) in [6.45, 7) is 6.73. The van der Waals surface area contributed by atoms with Crippen molar-refractivity contribution in [1.82, 2.24) is 14.5 Å². The Morgan fingerprint density at radius 1 is 1.17 bits per heavy atom. The van der Waals surface area contributed by atoms with Crippen LogP contribution in [-0.4, -0.2) is 40.6 Å². The van der Waals surface area contributed by atoms with Gasteiger partial charge in [-0.15, -0.1) is 0 Å². The Kier molecular flexibility index (Phi) is 7.00. The highest BCUT2D eigenvalue weighted by molar-refractivity contribution is 5.79. The van der Waals surface area contributed by atoms with E-state index >= 15 is 0 Å². The van der Waals surface area contributed by atoms with E-state index in [1.807, 2.05) is 63.2 Å². The van der Waals surface area contributed by atoms with E-state index < -0.39 is 6.04 Å². The number of hydrogen-bond donors (Lipinski definition) is 0. The van der Waals surface area contributed by atoms with E-state index in [-0.39, 0.29) is 11.5 Å². The Balaban J connectivity index is 2.25. The maximum absolute atomic E-state index is 13.5. The second-order valence-electron chi connectivity index (χ2n) is 7.42. The first-order valence-corrected chi connectivity index (χ1v) is 10.4. The average Bonchev–Trinajstić information content (AvgIpc) is 2.75. The van der Waals surface area contributed by atoms with Crippen molar-refractivity contribution in [3.63, 3.8) is 0 Å². The summed E-state index contributed by atoms with van der Waals surface area (Å²) >= 11 is 0. The number of aryl methyl sites for hydroxylation is 1. The number of hydrogen-bond acceptors (Lipinski definition) is 4. The first-order chi connectivity index (χ1) is 14.5. The molecule has 1 atom stereocenters. The zero-order valence-electron chi connectivity index (χ0n) is 18.1. The van der Waals surface area contributed by atoms with Crippen LogP contribution in [0.5, 0.6) is 0 Å². The van der Waals surface area contributed by atoms with Crippen molar-refractivity contribution in [2.45, 2.75) is 39.7 Å². The molecule has 2 aromatic carbocycles. The van der Waals surface area contributed by atoms with Gasteiger partial charge in [-0.1, -0.05) is 37.3 Å². The van der Waals surface area contributed by atoms with Crippen LogP contribution < -0.4 is 5.56 Å². The molecule has 0 N–H and O–H groups in total. The largest absolute Gasteiger partial charge is 0.383 e. The highest BCUT2D eigenvalue weighted by Crippen LogP contribution is 2.24. The average molecular weight is 408 g/mol. The molecule has 0 bridgehead atoms. The minimum absolute atomic E-state index is 0.0285. The van der Waals surface area contributed by atoms with Gasteiger partial charge in [-0.2, -0.15) is 0 Å². The second kappa shape index (κ2) is 9.67. The van der Waals surface area contributed by atoms with Crippen LogP contribution in [0.1, 0.15) is 44.1 Å². The lowest BCUT2D eigenvalue weighted by Gasteiger charge is -2.30. The summed E-state index contributed by atoms with van der Waals surface area (Å²) < 4.78 is 6.89. The van der Waals surface area contributed by atoms with Crippen LogP contribution in [0.25, 0.3) is 16.6 Å². The molecule has 6 nitrogen and oxygen atoms in total. The molecule has 1 heterocycles. The molecule has 0 saturated heterocycles. The van der Waals surface area contributed by atoms with Crippen LogP contribution in [0.2, 0.25) is 0 Å². The van der Waals surface area contributed by atoms with Crippen LogP contribution in [0.15, 0.2) is 53.3 Å². The summed E-state index contributed by atoms with van der Waals surface area (Å²) in [6, 6.07) is 14.7. The Bertz CT molecular complexity index is 1090. The number of carbonyl (C=O) groups excluding carboxylic acids is 1. The highest BCUT2D eigenvalue weighted by atomic mass is 16.5. The van der Waals surface area contributed by atoms with Crippen molar-refractivity contribution >= 4 is 16.8 Å². The van der Waals surface area contributed by atoms with Crippen molar-refractivity contribution in [3.8, 4) is 5.69 Å². The summed E-state index contributed by atoms with van der Waals surface area (Å²) in [6.07, 6.45) is 1.20. The summed E-state index contributed by atoms with van der Waals surface area (Å²) in [5, 5.41) is 0.556. The predicted octanol–water partition coefficient (Wildman–Crippen LogP) is 4.03. The number of benzene rings is 2. The Morgan fingerprint density at radius 2 is 1.87 bits per heavy atom.